The van der Waals surface area contributed by atoms with Crippen LogP contribution >= 0.6 is 23.4 Å². The highest BCUT2D eigenvalue weighted by Gasteiger charge is 2.76. The largest absolute Gasteiger partial charge is 0.466 e. The zero-order valence-electron chi connectivity index (χ0n) is 19.3. The van der Waals surface area contributed by atoms with E-state index in [2.05, 4.69) is 12.2 Å². The molecule has 1 spiro atoms. The number of benzene rings is 1. The molecule has 180 valence electrons. The van der Waals surface area contributed by atoms with E-state index in [1.165, 1.54) is 0 Å². The number of hydrogen-bond acceptors (Lipinski definition) is 6. The third kappa shape index (κ3) is 3.56. The predicted molar refractivity (Wildman–Crippen MR) is 128 cm³/mol. The summed E-state index contributed by atoms with van der Waals surface area (Å²) in [4.78, 5) is 42.3. The molecule has 2 amide bonds. The zero-order valence-corrected chi connectivity index (χ0v) is 20.9. The van der Waals surface area contributed by atoms with Crippen LogP contribution < -0.4 is 5.32 Å². The Balaban J connectivity index is 1.80. The SMILES string of the molecule is CCOC(=O)[C@@H]1[C@H]2C(=O)N([C@@H](CC)CO)C(C(=O)Nc3c(C)cccc3Cl)C23S[C@@H]1CC3C. The van der Waals surface area contributed by atoms with E-state index < -0.39 is 28.7 Å². The lowest BCUT2D eigenvalue weighted by atomic mass is 9.66. The summed E-state index contributed by atoms with van der Waals surface area (Å²) >= 11 is 7.96. The van der Waals surface area contributed by atoms with Crippen LogP contribution in [0.5, 0.6) is 0 Å². The Morgan fingerprint density at radius 3 is 2.73 bits per heavy atom. The van der Waals surface area contributed by atoms with Gasteiger partial charge in [-0.2, -0.15) is 0 Å². The van der Waals surface area contributed by atoms with Gasteiger partial charge in [0.2, 0.25) is 11.8 Å². The average molecular weight is 495 g/mol. The van der Waals surface area contributed by atoms with Crippen LogP contribution in [-0.2, 0) is 19.1 Å². The molecule has 1 aromatic rings. The first-order chi connectivity index (χ1) is 15.7. The predicted octanol–water partition coefficient (Wildman–Crippen LogP) is 3.26. The Bertz CT molecular complexity index is 950. The second-order valence-corrected chi connectivity index (χ2v) is 11.2. The third-order valence-electron chi connectivity index (χ3n) is 7.54. The van der Waals surface area contributed by atoms with Crippen molar-refractivity contribution in [1.29, 1.82) is 0 Å². The van der Waals surface area contributed by atoms with Crippen molar-refractivity contribution in [2.75, 3.05) is 18.5 Å². The van der Waals surface area contributed by atoms with Crippen LogP contribution in [-0.4, -0.2) is 63.1 Å². The molecular formula is C24H31ClN2O5S. The van der Waals surface area contributed by atoms with E-state index in [9.17, 15) is 19.5 Å². The lowest BCUT2D eigenvalue weighted by Crippen LogP contribution is -2.56. The smallest absolute Gasteiger partial charge is 0.310 e. The number of thioether (sulfide) groups is 1. The molecular weight excluding hydrogens is 464 g/mol. The number of aliphatic hydroxyl groups excluding tert-OH is 1. The van der Waals surface area contributed by atoms with Crippen LogP contribution in [0.3, 0.4) is 0 Å². The molecule has 0 radical (unpaired) electrons. The van der Waals surface area contributed by atoms with E-state index in [1.807, 2.05) is 26.0 Å². The number of carbonyl (C=O) groups is 3. The Morgan fingerprint density at radius 1 is 1.39 bits per heavy atom. The Kier molecular flexibility index (Phi) is 6.73. The highest BCUT2D eigenvalue weighted by molar-refractivity contribution is 8.02. The monoisotopic (exact) mass is 494 g/mol. The second kappa shape index (κ2) is 9.12. The van der Waals surface area contributed by atoms with E-state index in [4.69, 9.17) is 16.3 Å². The van der Waals surface area contributed by atoms with E-state index >= 15 is 0 Å². The summed E-state index contributed by atoms with van der Waals surface area (Å²) in [6, 6.07) is 4.04. The number of aliphatic hydroxyl groups is 1. The van der Waals surface area contributed by atoms with Crippen molar-refractivity contribution in [2.45, 2.75) is 62.6 Å². The van der Waals surface area contributed by atoms with Gasteiger partial charge in [0.15, 0.2) is 0 Å². The minimum atomic E-state index is -0.827. The summed E-state index contributed by atoms with van der Waals surface area (Å²) < 4.78 is 4.58. The van der Waals surface area contributed by atoms with Gasteiger partial charge in [0.05, 0.1) is 46.5 Å². The van der Waals surface area contributed by atoms with Gasteiger partial charge in [0.1, 0.15) is 6.04 Å². The summed E-state index contributed by atoms with van der Waals surface area (Å²) in [6.07, 6.45) is 1.23. The van der Waals surface area contributed by atoms with Gasteiger partial charge in [0.25, 0.3) is 0 Å². The third-order valence-corrected chi connectivity index (χ3v) is 9.93. The van der Waals surface area contributed by atoms with Crippen LogP contribution in [0.4, 0.5) is 5.69 Å². The first-order valence-corrected chi connectivity index (χ1v) is 12.8. The number of likely N-dealkylation sites (tertiary alicyclic amines) is 1. The first-order valence-electron chi connectivity index (χ1n) is 11.6. The number of nitrogens with one attached hydrogen (secondary N) is 1. The Labute approximate surface area is 203 Å². The van der Waals surface area contributed by atoms with Gasteiger partial charge in [-0.15, -0.1) is 11.8 Å². The van der Waals surface area contributed by atoms with Crippen molar-refractivity contribution in [1.82, 2.24) is 4.90 Å². The number of para-hydroxylation sites is 1. The van der Waals surface area contributed by atoms with Crippen molar-refractivity contribution in [3.05, 3.63) is 28.8 Å². The van der Waals surface area contributed by atoms with Gasteiger partial charge < -0.3 is 20.1 Å². The summed E-state index contributed by atoms with van der Waals surface area (Å²) in [5.74, 6) is -2.15. The maximum Gasteiger partial charge on any atom is 0.310 e. The maximum atomic E-state index is 13.9. The van der Waals surface area contributed by atoms with Gasteiger partial charge in [-0.05, 0) is 44.2 Å². The molecule has 33 heavy (non-hydrogen) atoms. The van der Waals surface area contributed by atoms with Gasteiger partial charge in [-0.3, -0.25) is 14.4 Å². The summed E-state index contributed by atoms with van der Waals surface area (Å²) in [5.41, 5.74) is 1.33. The fraction of sp³-hybridized carbons (Fsp3) is 0.625. The molecule has 3 heterocycles. The van der Waals surface area contributed by atoms with Crippen LogP contribution in [0.2, 0.25) is 5.02 Å². The highest BCUT2D eigenvalue weighted by atomic mass is 35.5. The molecule has 2 N–H and O–H groups in total. The molecule has 0 saturated carbocycles. The lowest BCUT2D eigenvalue weighted by molar-refractivity contribution is -0.154. The molecule has 7 nitrogen and oxygen atoms in total. The minimum Gasteiger partial charge on any atom is -0.466 e. The van der Waals surface area contributed by atoms with Gasteiger partial charge in [0, 0.05) is 5.25 Å². The molecule has 1 aromatic carbocycles. The number of halogens is 1. The van der Waals surface area contributed by atoms with E-state index in [0.717, 1.165) is 12.0 Å². The molecule has 0 aliphatic carbocycles. The highest BCUT2D eigenvalue weighted by Crippen LogP contribution is 2.69. The quantitative estimate of drug-likeness (QED) is 0.565. The number of amides is 2. The first kappa shape index (κ1) is 24.4. The maximum absolute atomic E-state index is 13.9. The molecule has 3 aliphatic heterocycles. The fourth-order valence-electron chi connectivity index (χ4n) is 6.05. The molecule has 2 bridgehead atoms. The molecule has 3 aliphatic rings. The number of esters is 1. The molecule has 7 atom stereocenters. The summed E-state index contributed by atoms with van der Waals surface area (Å²) in [6.45, 7) is 7.53. The average Bonchev–Trinajstić information content (AvgIpc) is 3.36. The van der Waals surface area contributed by atoms with Crippen molar-refractivity contribution >= 4 is 46.8 Å². The minimum absolute atomic E-state index is 0.0383. The molecule has 3 unspecified atom stereocenters. The Morgan fingerprint density at radius 2 is 2.12 bits per heavy atom. The van der Waals surface area contributed by atoms with E-state index in [1.54, 1.807) is 29.7 Å². The fourth-order valence-corrected chi connectivity index (χ4v) is 8.72. The van der Waals surface area contributed by atoms with Crippen molar-refractivity contribution < 1.29 is 24.2 Å². The number of ether oxygens (including phenoxy) is 1. The normalized spacial score (nSPS) is 33.2. The van der Waals surface area contributed by atoms with Crippen molar-refractivity contribution in [3.8, 4) is 0 Å². The van der Waals surface area contributed by atoms with Gasteiger partial charge >= 0.3 is 5.97 Å². The van der Waals surface area contributed by atoms with Gasteiger partial charge in [-0.1, -0.05) is 37.6 Å². The van der Waals surface area contributed by atoms with Crippen LogP contribution in [0, 0.1) is 24.7 Å². The molecule has 9 heteroatoms. The molecule has 4 rings (SSSR count). The summed E-state index contributed by atoms with van der Waals surface area (Å²) in [7, 11) is 0. The number of carbonyl (C=O) groups excluding carboxylic acids is 3. The van der Waals surface area contributed by atoms with Crippen molar-refractivity contribution in [3.63, 3.8) is 0 Å². The molecule has 3 fully saturated rings. The van der Waals surface area contributed by atoms with Gasteiger partial charge in [-0.25, -0.2) is 0 Å². The van der Waals surface area contributed by atoms with Crippen LogP contribution in [0.25, 0.3) is 0 Å². The summed E-state index contributed by atoms with van der Waals surface area (Å²) in [5, 5.41) is 13.4. The van der Waals surface area contributed by atoms with E-state index in [0.29, 0.717) is 17.1 Å². The van der Waals surface area contributed by atoms with Crippen molar-refractivity contribution in [2.24, 2.45) is 17.8 Å². The number of hydrogen-bond donors (Lipinski definition) is 2. The standard InChI is InChI=1S/C24H31ClN2O5S/c1-5-14(11-28)27-20(21(29)26-19-12(3)8-7-9-15(19)25)24-13(4)10-16(33-24)17(18(24)22(27)30)23(31)32-6-2/h7-9,13-14,16-18,20,28H,5-6,10-11H2,1-4H3,(H,26,29)/t13?,14-,16+,17-,18-,20?,24?/m0/s1. The number of nitrogens with zero attached hydrogens (tertiary/aromatic N) is 1. The second-order valence-electron chi connectivity index (χ2n) is 9.22. The topological polar surface area (TPSA) is 95.9 Å². The van der Waals surface area contributed by atoms with E-state index in [-0.39, 0.29) is 42.2 Å². The number of rotatable bonds is 7. The molecule has 0 aromatic heterocycles. The number of anilines is 1. The zero-order chi connectivity index (χ0) is 24.1. The molecule has 3 saturated heterocycles. The number of aryl methyl sites for hydroxylation is 1. The number of fused-ring (bicyclic) bond motifs is 1. The van der Waals surface area contributed by atoms with Crippen LogP contribution in [0.1, 0.15) is 39.2 Å². The lowest BCUT2D eigenvalue weighted by Gasteiger charge is -2.40. The van der Waals surface area contributed by atoms with Crippen LogP contribution in [0.15, 0.2) is 18.2 Å². The Hall–Kier alpha value is -1.77.